The Labute approximate surface area is 88.9 Å². The average Bonchev–Trinajstić information content (AvgIpc) is 2.16. The van der Waals surface area contributed by atoms with Crippen LogP contribution in [-0.4, -0.2) is 16.1 Å². The number of hydrogen-bond donors (Lipinski definition) is 2. The molecule has 0 aliphatic rings. The van der Waals surface area contributed by atoms with Crippen LogP contribution in [0.3, 0.4) is 0 Å². The third-order valence-corrected chi connectivity index (χ3v) is 1.97. The van der Waals surface area contributed by atoms with E-state index in [1.165, 1.54) is 0 Å². The summed E-state index contributed by atoms with van der Waals surface area (Å²) in [4.78, 5) is 13.9. The van der Waals surface area contributed by atoms with Crippen molar-refractivity contribution in [1.29, 1.82) is 0 Å². The van der Waals surface area contributed by atoms with Gasteiger partial charge < -0.3 is 10.8 Å². The standard InChI is InChI=1S/C9H9F3N2O2/c10-8-5(2-13)14-3-4(1-6(15)16)7(8)9(11)12/h3,9H,1-2,13H2,(H,15,16). The van der Waals surface area contributed by atoms with Gasteiger partial charge in [0.2, 0.25) is 0 Å². The van der Waals surface area contributed by atoms with Gasteiger partial charge in [-0.15, -0.1) is 0 Å². The topological polar surface area (TPSA) is 76.2 Å². The van der Waals surface area contributed by atoms with Crippen molar-refractivity contribution >= 4 is 5.97 Å². The van der Waals surface area contributed by atoms with E-state index in [1.807, 2.05) is 0 Å². The van der Waals surface area contributed by atoms with Crippen LogP contribution in [0.4, 0.5) is 13.2 Å². The molecule has 0 fully saturated rings. The van der Waals surface area contributed by atoms with Crippen LogP contribution in [0.2, 0.25) is 0 Å². The van der Waals surface area contributed by atoms with E-state index in [-0.39, 0.29) is 17.8 Å². The molecule has 1 rings (SSSR count). The van der Waals surface area contributed by atoms with Crippen LogP contribution in [0.5, 0.6) is 0 Å². The van der Waals surface area contributed by atoms with Crippen molar-refractivity contribution in [2.24, 2.45) is 5.73 Å². The second kappa shape index (κ2) is 4.93. The van der Waals surface area contributed by atoms with Crippen LogP contribution in [0.15, 0.2) is 6.20 Å². The number of carboxylic acids is 1. The molecule has 1 aromatic heterocycles. The summed E-state index contributed by atoms with van der Waals surface area (Å²) in [6.45, 7) is -0.321. The minimum Gasteiger partial charge on any atom is -0.481 e. The Bertz CT molecular complexity index is 410. The normalized spacial score (nSPS) is 10.8. The highest BCUT2D eigenvalue weighted by Crippen LogP contribution is 2.27. The van der Waals surface area contributed by atoms with Gasteiger partial charge in [-0.25, -0.2) is 13.2 Å². The first kappa shape index (κ1) is 12.4. The van der Waals surface area contributed by atoms with Gasteiger partial charge in [-0.1, -0.05) is 0 Å². The van der Waals surface area contributed by atoms with Gasteiger partial charge in [0.05, 0.1) is 17.7 Å². The molecule has 0 amide bonds. The van der Waals surface area contributed by atoms with E-state index in [0.717, 1.165) is 6.20 Å². The van der Waals surface area contributed by atoms with Gasteiger partial charge in [-0.2, -0.15) is 0 Å². The van der Waals surface area contributed by atoms with Gasteiger partial charge in [0.15, 0.2) is 5.82 Å². The molecule has 1 heterocycles. The number of hydrogen-bond acceptors (Lipinski definition) is 3. The number of alkyl halides is 2. The minimum absolute atomic E-state index is 0.301. The van der Waals surface area contributed by atoms with Crippen LogP contribution >= 0.6 is 0 Å². The van der Waals surface area contributed by atoms with Gasteiger partial charge in [-0.3, -0.25) is 9.78 Å². The first-order valence-corrected chi connectivity index (χ1v) is 4.33. The van der Waals surface area contributed by atoms with E-state index in [0.29, 0.717) is 0 Å². The number of nitrogens with zero attached hydrogens (tertiary/aromatic N) is 1. The molecule has 0 radical (unpaired) electrons. The summed E-state index contributed by atoms with van der Waals surface area (Å²) >= 11 is 0. The van der Waals surface area contributed by atoms with Gasteiger partial charge >= 0.3 is 5.97 Å². The van der Waals surface area contributed by atoms with Crippen molar-refractivity contribution in [3.8, 4) is 0 Å². The first-order chi connectivity index (χ1) is 7.47. The molecule has 4 nitrogen and oxygen atoms in total. The highest BCUT2D eigenvalue weighted by Gasteiger charge is 2.22. The third kappa shape index (κ3) is 2.48. The third-order valence-electron chi connectivity index (χ3n) is 1.97. The number of rotatable bonds is 4. The molecule has 0 spiro atoms. The molecule has 0 atom stereocenters. The number of halogens is 3. The predicted octanol–water partition coefficient (Wildman–Crippen LogP) is 1.24. The van der Waals surface area contributed by atoms with Gasteiger partial charge in [0.1, 0.15) is 0 Å². The molecule has 0 saturated heterocycles. The lowest BCUT2D eigenvalue weighted by molar-refractivity contribution is -0.136. The largest absolute Gasteiger partial charge is 0.481 e. The second-order valence-electron chi connectivity index (χ2n) is 3.03. The quantitative estimate of drug-likeness (QED) is 0.821. The van der Waals surface area contributed by atoms with Crippen molar-refractivity contribution in [2.75, 3.05) is 0 Å². The first-order valence-electron chi connectivity index (χ1n) is 4.33. The Kier molecular flexibility index (Phi) is 3.83. The molecule has 0 aliphatic carbocycles. The Morgan fingerprint density at radius 3 is 2.62 bits per heavy atom. The highest BCUT2D eigenvalue weighted by atomic mass is 19.3. The fourth-order valence-electron chi connectivity index (χ4n) is 1.26. The summed E-state index contributed by atoms with van der Waals surface area (Å²) in [5.74, 6) is -2.56. The maximum atomic E-state index is 13.4. The molecule has 88 valence electrons. The molecular formula is C9H9F3N2O2. The zero-order valence-electron chi connectivity index (χ0n) is 8.08. The monoisotopic (exact) mass is 234 g/mol. The lowest BCUT2D eigenvalue weighted by Crippen LogP contribution is -2.12. The zero-order valence-corrected chi connectivity index (χ0v) is 8.08. The summed E-state index contributed by atoms with van der Waals surface area (Å²) in [5.41, 5.74) is 3.54. The van der Waals surface area contributed by atoms with Crippen LogP contribution in [0.25, 0.3) is 0 Å². The van der Waals surface area contributed by atoms with E-state index in [4.69, 9.17) is 10.8 Å². The molecule has 0 unspecified atom stereocenters. The Morgan fingerprint density at radius 1 is 1.56 bits per heavy atom. The van der Waals surface area contributed by atoms with Crippen molar-refractivity contribution < 1.29 is 23.1 Å². The number of aromatic nitrogens is 1. The summed E-state index contributed by atoms with van der Waals surface area (Å²) in [6, 6.07) is 0. The van der Waals surface area contributed by atoms with E-state index in [9.17, 15) is 18.0 Å². The van der Waals surface area contributed by atoms with Crippen molar-refractivity contribution in [1.82, 2.24) is 4.98 Å². The molecule has 0 bridgehead atoms. The van der Waals surface area contributed by atoms with Crippen LogP contribution in [0.1, 0.15) is 23.2 Å². The van der Waals surface area contributed by atoms with Crippen LogP contribution in [0, 0.1) is 5.82 Å². The molecular weight excluding hydrogens is 225 g/mol. The number of pyridine rings is 1. The van der Waals surface area contributed by atoms with Gasteiger partial charge in [-0.05, 0) is 5.56 Å². The smallest absolute Gasteiger partial charge is 0.307 e. The fourth-order valence-corrected chi connectivity index (χ4v) is 1.26. The lowest BCUT2D eigenvalue weighted by Gasteiger charge is -2.10. The maximum Gasteiger partial charge on any atom is 0.307 e. The van der Waals surface area contributed by atoms with Crippen molar-refractivity contribution in [3.05, 3.63) is 28.8 Å². The number of carboxylic acid groups (broad SMARTS) is 1. The molecule has 7 heteroatoms. The second-order valence-corrected chi connectivity index (χ2v) is 3.03. The molecule has 1 aromatic rings. The van der Waals surface area contributed by atoms with E-state index in [1.54, 1.807) is 0 Å². The summed E-state index contributed by atoms with van der Waals surface area (Å²) in [6.07, 6.45) is -2.88. The number of aliphatic carboxylic acids is 1. The van der Waals surface area contributed by atoms with E-state index < -0.39 is 30.2 Å². The van der Waals surface area contributed by atoms with Crippen LogP contribution < -0.4 is 5.73 Å². The van der Waals surface area contributed by atoms with Crippen LogP contribution in [-0.2, 0) is 17.8 Å². The van der Waals surface area contributed by atoms with Gasteiger partial charge in [0, 0.05) is 12.7 Å². The molecule has 0 saturated carbocycles. The fraction of sp³-hybridized carbons (Fsp3) is 0.333. The summed E-state index contributed by atoms with van der Waals surface area (Å²) < 4.78 is 38.5. The van der Waals surface area contributed by atoms with Gasteiger partial charge in [0.25, 0.3) is 6.43 Å². The summed E-state index contributed by atoms with van der Waals surface area (Å²) in [7, 11) is 0. The molecule has 0 aliphatic heterocycles. The number of carbonyl (C=O) groups is 1. The summed E-state index contributed by atoms with van der Waals surface area (Å²) in [5, 5.41) is 8.47. The van der Waals surface area contributed by atoms with Crippen molar-refractivity contribution in [2.45, 2.75) is 19.4 Å². The number of nitrogens with two attached hydrogens (primary N) is 1. The predicted molar refractivity (Wildman–Crippen MR) is 48.4 cm³/mol. The SMILES string of the molecule is NCc1ncc(CC(=O)O)c(C(F)F)c1F. The maximum absolute atomic E-state index is 13.4. The van der Waals surface area contributed by atoms with Crippen molar-refractivity contribution in [3.63, 3.8) is 0 Å². The molecule has 16 heavy (non-hydrogen) atoms. The molecule has 3 N–H and O–H groups in total. The lowest BCUT2D eigenvalue weighted by atomic mass is 10.1. The van der Waals surface area contributed by atoms with E-state index in [2.05, 4.69) is 4.98 Å². The zero-order chi connectivity index (χ0) is 12.3. The Balaban J connectivity index is 3.28. The highest BCUT2D eigenvalue weighted by molar-refractivity contribution is 5.70. The van der Waals surface area contributed by atoms with E-state index >= 15 is 0 Å². The molecule has 0 aromatic carbocycles. The minimum atomic E-state index is -3.09. The Hall–Kier alpha value is -1.63. The Morgan fingerprint density at radius 2 is 2.19 bits per heavy atom. The average molecular weight is 234 g/mol.